The van der Waals surface area contributed by atoms with Gasteiger partial charge in [0.25, 0.3) is 0 Å². The van der Waals surface area contributed by atoms with E-state index in [9.17, 15) is 0 Å². The zero-order valence-electron chi connectivity index (χ0n) is 29.9. The summed E-state index contributed by atoms with van der Waals surface area (Å²) >= 11 is 0. The minimum atomic E-state index is 0.935. The Labute approximate surface area is 318 Å². The summed E-state index contributed by atoms with van der Waals surface area (Å²) in [7, 11) is 0. The molecule has 0 radical (unpaired) electrons. The van der Waals surface area contributed by atoms with Crippen LogP contribution in [-0.4, -0.2) is 14.5 Å². The highest BCUT2D eigenvalue weighted by molar-refractivity contribution is 6.23. The fourth-order valence-electron chi connectivity index (χ4n) is 8.43. The molecule has 0 aliphatic heterocycles. The Morgan fingerprint density at radius 2 is 0.727 bits per heavy atom. The molecule has 11 rings (SSSR count). The molecule has 0 amide bonds. The van der Waals surface area contributed by atoms with Crippen LogP contribution in [-0.2, 0) is 0 Å². The molecule has 0 atom stereocenters. The Kier molecular flexibility index (Phi) is 7.17. The van der Waals surface area contributed by atoms with Crippen LogP contribution in [0.1, 0.15) is 0 Å². The van der Waals surface area contributed by atoms with Crippen LogP contribution in [0.2, 0.25) is 0 Å². The number of rotatable bonds is 5. The Morgan fingerprint density at radius 1 is 0.273 bits per heavy atom. The first-order valence-electron chi connectivity index (χ1n) is 18.7. The van der Waals surface area contributed by atoms with Gasteiger partial charge >= 0.3 is 0 Å². The molecule has 11 aromatic rings. The molecule has 0 spiro atoms. The third-order valence-corrected chi connectivity index (χ3v) is 11.1. The molecule has 3 nitrogen and oxygen atoms in total. The number of nitrogens with zero attached hydrogens (tertiary/aromatic N) is 3. The highest BCUT2D eigenvalue weighted by atomic mass is 15.0. The van der Waals surface area contributed by atoms with Crippen molar-refractivity contribution in [2.24, 2.45) is 0 Å². The van der Waals surface area contributed by atoms with Crippen LogP contribution >= 0.6 is 0 Å². The van der Waals surface area contributed by atoms with Gasteiger partial charge in [-0.3, -0.25) is 9.97 Å². The lowest BCUT2D eigenvalue weighted by atomic mass is 9.93. The monoisotopic (exact) mass is 699 g/mol. The van der Waals surface area contributed by atoms with Gasteiger partial charge in [-0.2, -0.15) is 0 Å². The van der Waals surface area contributed by atoms with Gasteiger partial charge in [0.2, 0.25) is 0 Å². The van der Waals surface area contributed by atoms with Gasteiger partial charge in [-0.25, -0.2) is 0 Å². The van der Waals surface area contributed by atoms with E-state index in [1.807, 2.05) is 0 Å². The van der Waals surface area contributed by atoms with Crippen molar-refractivity contribution in [3.63, 3.8) is 0 Å². The molecule has 0 aliphatic rings. The molecular formula is C52H33N3. The lowest BCUT2D eigenvalue weighted by Crippen LogP contribution is -1.92. The second-order valence-electron chi connectivity index (χ2n) is 14.2. The number of para-hydroxylation sites is 2. The third kappa shape index (κ3) is 5.20. The smallest absolute Gasteiger partial charge is 0.0971 e. The summed E-state index contributed by atoms with van der Waals surface area (Å²) < 4.78 is 2.36. The predicted octanol–water partition coefficient (Wildman–Crippen LogP) is 13.7. The zero-order chi connectivity index (χ0) is 36.3. The molecule has 0 fully saturated rings. The Hall–Kier alpha value is -7.36. The van der Waals surface area contributed by atoms with Crippen molar-refractivity contribution in [1.82, 2.24) is 14.5 Å². The molecule has 55 heavy (non-hydrogen) atoms. The van der Waals surface area contributed by atoms with E-state index < -0.39 is 0 Å². The van der Waals surface area contributed by atoms with Crippen LogP contribution in [0.15, 0.2) is 200 Å². The number of hydrogen-bond donors (Lipinski definition) is 0. The molecule has 0 unspecified atom stereocenters. The standard InChI is InChI=1S/C52H33N3/c1-2-14-42(15-3-1)55-49-19-7-6-17-45(49)47-32-41(25-27-50(47)55)39-13-9-11-37(31-39)35-22-20-34(21-23-35)36-10-8-12-38(30-36)40-24-26-44-43-16-4-5-18-46(43)51-52(48(44)33-40)54-29-28-53-51/h1-33H. The van der Waals surface area contributed by atoms with Gasteiger partial charge in [-0.15, -0.1) is 0 Å². The van der Waals surface area contributed by atoms with Crippen LogP contribution in [0.3, 0.4) is 0 Å². The Balaban J connectivity index is 0.919. The second-order valence-corrected chi connectivity index (χ2v) is 14.2. The van der Waals surface area contributed by atoms with E-state index >= 15 is 0 Å². The first kappa shape index (κ1) is 31.2. The molecule has 0 N–H and O–H groups in total. The summed E-state index contributed by atoms with van der Waals surface area (Å²) in [5.74, 6) is 0. The number of hydrogen-bond acceptors (Lipinski definition) is 2. The van der Waals surface area contributed by atoms with Crippen LogP contribution in [0.5, 0.6) is 0 Å². The molecule has 0 saturated heterocycles. The van der Waals surface area contributed by atoms with Gasteiger partial charge < -0.3 is 4.57 Å². The van der Waals surface area contributed by atoms with Gasteiger partial charge in [0, 0.05) is 39.6 Å². The third-order valence-electron chi connectivity index (χ3n) is 11.1. The number of aromatic nitrogens is 3. The maximum atomic E-state index is 4.79. The molecular weight excluding hydrogens is 667 g/mol. The van der Waals surface area contributed by atoms with Gasteiger partial charge in [0.05, 0.1) is 22.1 Å². The van der Waals surface area contributed by atoms with Crippen molar-refractivity contribution in [3.05, 3.63) is 200 Å². The summed E-state index contributed by atoms with van der Waals surface area (Å²) in [5.41, 5.74) is 15.0. The summed E-state index contributed by atoms with van der Waals surface area (Å²) in [6, 6.07) is 68.1. The average Bonchev–Trinajstić information content (AvgIpc) is 3.60. The van der Waals surface area contributed by atoms with Crippen LogP contribution in [0, 0.1) is 0 Å². The van der Waals surface area contributed by atoms with Crippen molar-refractivity contribution < 1.29 is 0 Å². The first-order chi connectivity index (χ1) is 27.3. The maximum absolute atomic E-state index is 4.79. The van der Waals surface area contributed by atoms with Crippen molar-refractivity contribution in [2.75, 3.05) is 0 Å². The van der Waals surface area contributed by atoms with Crippen molar-refractivity contribution in [2.45, 2.75) is 0 Å². The van der Waals surface area contributed by atoms with Gasteiger partial charge in [-0.1, -0.05) is 140 Å². The van der Waals surface area contributed by atoms with Gasteiger partial charge in [-0.05, 0) is 104 Å². The molecule has 9 aromatic carbocycles. The lowest BCUT2D eigenvalue weighted by molar-refractivity contribution is 1.18. The minimum Gasteiger partial charge on any atom is -0.309 e. The number of fused-ring (bicyclic) bond motifs is 9. The number of benzene rings is 9. The fourth-order valence-corrected chi connectivity index (χ4v) is 8.43. The second kappa shape index (κ2) is 12.6. The molecule has 0 saturated carbocycles. The van der Waals surface area contributed by atoms with E-state index in [0.29, 0.717) is 0 Å². The van der Waals surface area contributed by atoms with Crippen molar-refractivity contribution >= 4 is 54.4 Å². The molecule has 0 aliphatic carbocycles. The van der Waals surface area contributed by atoms with E-state index in [1.165, 1.54) is 77.2 Å². The predicted molar refractivity (Wildman–Crippen MR) is 231 cm³/mol. The highest BCUT2D eigenvalue weighted by Crippen LogP contribution is 2.38. The quantitative estimate of drug-likeness (QED) is 0.167. The van der Waals surface area contributed by atoms with Crippen LogP contribution in [0.4, 0.5) is 0 Å². The molecule has 0 bridgehead atoms. The zero-order valence-corrected chi connectivity index (χ0v) is 29.9. The van der Waals surface area contributed by atoms with Crippen LogP contribution < -0.4 is 0 Å². The SMILES string of the molecule is c1ccc(-n2c3ccccc3c3cc(-c4cccc(-c5ccc(-c6cccc(-c7ccc8c9ccccc9c9nccnc9c8c7)c6)cc5)c4)ccc32)cc1. The Morgan fingerprint density at radius 3 is 1.40 bits per heavy atom. The summed E-state index contributed by atoms with van der Waals surface area (Å²) in [5, 5.41) is 7.16. The largest absolute Gasteiger partial charge is 0.309 e. The summed E-state index contributed by atoms with van der Waals surface area (Å²) in [6.07, 6.45) is 3.57. The fraction of sp³-hybridized carbons (Fsp3) is 0. The molecule has 256 valence electrons. The Bertz CT molecular complexity index is 3210. The van der Waals surface area contributed by atoms with Crippen LogP contribution in [0.25, 0.3) is 105 Å². The average molecular weight is 700 g/mol. The highest BCUT2D eigenvalue weighted by Gasteiger charge is 2.14. The lowest BCUT2D eigenvalue weighted by Gasteiger charge is -2.12. The van der Waals surface area contributed by atoms with Crippen molar-refractivity contribution in [1.29, 1.82) is 0 Å². The topological polar surface area (TPSA) is 30.7 Å². The molecule has 2 aromatic heterocycles. The van der Waals surface area contributed by atoms with Gasteiger partial charge in [0.1, 0.15) is 0 Å². The minimum absolute atomic E-state index is 0.935. The molecule has 3 heteroatoms. The maximum Gasteiger partial charge on any atom is 0.0971 e. The van der Waals surface area contributed by atoms with Gasteiger partial charge in [0.15, 0.2) is 0 Å². The van der Waals surface area contributed by atoms with E-state index in [2.05, 4.69) is 193 Å². The van der Waals surface area contributed by atoms with E-state index in [-0.39, 0.29) is 0 Å². The normalized spacial score (nSPS) is 11.6. The summed E-state index contributed by atoms with van der Waals surface area (Å²) in [6.45, 7) is 0. The summed E-state index contributed by atoms with van der Waals surface area (Å²) in [4.78, 5) is 9.52. The molecule has 2 heterocycles. The first-order valence-corrected chi connectivity index (χ1v) is 18.7. The van der Waals surface area contributed by atoms with E-state index in [0.717, 1.165) is 27.4 Å². The van der Waals surface area contributed by atoms with E-state index in [1.54, 1.807) is 12.4 Å². The van der Waals surface area contributed by atoms with E-state index in [4.69, 9.17) is 9.97 Å². The van der Waals surface area contributed by atoms with Crippen molar-refractivity contribution in [3.8, 4) is 50.2 Å².